The number of carbonyl (C=O) groups excluding carboxylic acids is 8. The van der Waals surface area contributed by atoms with Crippen LogP contribution in [0.15, 0.2) is 12.1 Å². The Balaban J connectivity index is 0.931. The molecule has 16 rings (SSSR count). The molecular weight excluding hydrogens is 1700 g/mol. The van der Waals surface area contributed by atoms with Gasteiger partial charge in [-0.2, -0.15) is 0 Å². The number of hydrogen-bond donors (Lipinski definition) is 21. The van der Waals surface area contributed by atoms with Crippen molar-refractivity contribution in [3.8, 4) is 17.2 Å². The zero-order valence-corrected chi connectivity index (χ0v) is 75.1. The number of halogens is 2. The van der Waals surface area contributed by atoms with Crippen molar-refractivity contribution in [2.45, 2.75) is 339 Å². The number of amides is 8. The van der Waals surface area contributed by atoms with Gasteiger partial charge in [0.2, 0.25) is 63.0 Å². The SMILES string of the molecule is CCCCCCCCS(=O)(=O)NCCNCC1C(O)CC2C(C3C[C@H](CC[C@H]3O)[C@H]3NC(=O)[C@@H]4NC(=O)[C@H](CC(N)=O)NC(=O)[C@H](NC(=O)[C@@H](CC(C)C)NC)[C@H](O)[C@H]5CC[C@@H](Oc6cc4cc(c6O[C@@H]4C[C@H](CO)[C@@H](O)[C@H](O)[C@H]4O[C@H]4C[C@H](N)[C@H](O)[C@H](C)O4)O[C@@H]4CC[C@@H](CC4Cl)[C@@H](O)[C@H](NC3=O)C(=O)N[C@@H]2C(=O)NC2C3CC4CC(C3)CC2C4)[C@H](Cl)C5)[C@H]1O. The van der Waals surface area contributed by atoms with Gasteiger partial charge in [-0.25, -0.2) is 13.1 Å². The Morgan fingerprint density at radius 1 is 0.635 bits per heavy atom. The Kier molecular flexibility index (Phi) is 33.3. The van der Waals surface area contributed by atoms with Gasteiger partial charge < -0.3 is 129 Å². The van der Waals surface area contributed by atoms with Gasteiger partial charge in [-0.15, -0.1) is 23.2 Å². The van der Waals surface area contributed by atoms with Crippen molar-refractivity contribution in [2.24, 2.45) is 88.4 Å². The number of unbranched alkanes of at least 4 members (excludes halogenated alkanes) is 5. The van der Waals surface area contributed by atoms with Crippen LogP contribution >= 0.6 is 23.2 Å². The van der Waals surface area contributed by atoms with Crippen molar-refractivity contribution in [3.05, 3.63) is 17.7 Å². The van der Waals surface area contributed by atoms with E-state index in [2.05, 4.69) is 59.5 Å². The maximum Gasteiger partial charge on any atom is 0.247 e. The molecule has 8 amide bonds. The molecule has 6 heterocycles. The topological polar surface area (TPSA) is 571 Å². The molecule has 0 radical (unpaired) electrons. The van der Waals surface area contributed by atoms with E-state index < -0.39 is 262 Å². The van der Waals surface area contributed by atoms with E-state index in [1.54, 1.807) is 6.92 Å². The van der Waals surface area contributed by atoms with E-state index >= 15 is 28.8 Å². The number of nitrogens with one attached hydrogen (secondary N) is 10. The molecule has 126 heavy (non-hydrogen) atoms. The van der Waals surface area contributed by atoms with Crippen LogP contribution < -0.4 is 78.3 Å². The number of aliphatic hydroxyl groups is 9. The first-order valence-corrected chi connectivity index (χ1v) is 48.9. The second kappa shape index (κ2) is 42.9. The van der Waals surface area contributed by atoms with Crippen LogP contribution in [-0.2, 0) is 57.9 Å². The van der Waals surface area contributed by atoms with Gasteiger partial charge in [-0.3, -0.25) is 38.4 Å². The molecule has 6 aliphatic heterocycles. The number of benzene rings is 1. The van der Waals surface area contributed by atoms with Crippen molar-refractivity contribution >= 4 is 80.5 Å². The third-order valence-corrected chi connectivity index (χ3v) is 32.3. The minimum Gasteiger partial charge on any atom is -0.485 e. The van der Waals surface area contributed by atoms with Crippen LogP contribution in [0.3, 0.4) is 0 Å². The van der Waals surface area contributed by atoms with Crippen molar-refractivity contribution < 1.29 is 116 Å². The molecule has 1 aromatic carbocycles. The number of nitrogens with two attached hydrogens (primary N) is 2. The standard InChI is InChI=1S/C87H138Cl2N12O24S/c1-6-7-8-9-10-11-20-126(119,120)94-19-18-93-36-51-58(104)33-50-66(77(51)110)49-27-42(12-15-57(49)103)68-83(114)101-72(87(118)99-70(50)85(116)96-67-45-23-40-22-41(25-45)26-46(67)24-40)75(108)44-14-17-60(53(89)29-44)123-62-31-47-30-61(79(62)124-63-32-48(37-102)76(109)78(111)80(63)125-65-34-54(90)73(106)39(4)121-65)122-59-16-13-43(28-52(59)88)74(107)71(100-81(112)55(92-5)21-38(2)3)86(117)95-56(35-64(91)105)82(113)97-69(47)84(115)98-68/h30-31,38-46,48-60,63,65-78,80,92-94,102-104,106-111H,6-29,32-37,90H2,1-5H3,(H2,91,105)(H,95,117)(H,96,116)(H,97,113)(H,98,115)(H,99,118)(H,100,112)(H,101,114)/t39-,40?,41?,42-,43-,44-,45?,46?,48+,49?,50?,51?,52+,53?,54-,55+,56-,57+,58?,59+,60+,63+,65-,66?,67?,68+,69+,70-,71+,72-,73+,74+,75+,76+,77-,78-,80-/m0/s1. The molecule has 23 N–H and O–H groups in total. The van der Waals surface area contributed by atoms with Crippen molar-refractivity contribution in [3.63, 3.8) is 0 Å². The predicted octanol–water partition coefficient (Wildman–Crippen LogP) is -0.899. The Labute approximate surface area is 746 Å². The van der Waals surface area contributed by atoms with Gasteiger partial charge in [-0.05, 0) is 212 Å². The molecule has 710 valence electrons. The summed E-state index contributed by atoms with van der Waals surface area (Å²) in [6.07, 6.45) is -12.0. The zero-order valence-electron chi connectivity index (χ0n) is 72.8. The molecule has 0 aromatic heterocycles. The molecule has 36 nitrogen and oxygen atoms in total. The number of rotatable bonds is 27. The van der Waals surface area contributed by atoms with Crippen molar-refractivity contribution in [2.75, 3.05) is 39.0 Å². The van der Waals surface area contributed by atoms with Crippen LogP contribution in [0.25, 0.3) is 0 Å². The van der Waals surface area contributed by atoms with E-state index in [1.807, 2.05) is 13.8 Å². The number of primary amides is 1. The minimum absolute atomic E-state index is 0.000905. The smallest absolute Gasteiger partial charge is 0.247 e. The first-order chi connectivity index (χ1) is 60.0. The highest BCUT2D eigenvalue weighted by atomic mass is 35.5. The predicted molar refractivity (Wildman–Crippen MR) is 458 cm³/mol. The molecular formula is C87H138Cl2N12O24S. The van der Waals surface area contributed by atoms with E-state index in [4.69, 9.17) is 58.4 Å². The zero-order chi connectivity index (χ0) is 90.6. The van der Waals surface area contributed by atoms with Crippen LogP contribution in [0.1, 0.15) is 200 Å². The summed E-state index contributed by atoms with van der Waals surface area (Å²) in [6.45, 7) is 6.63. The highest BCUT2D eigenvalue weighted by Crippen LogP contribution is 2.55. The Morgan fingerprint density at radius 2 is 1.26 bits per heavy atom. The highest BCUT2D eigenvalue weighted by Gasteiger charge is 2.58. The fourth-order valence-corrected chi connectivity index (χ4v) is 25.3. The highest BCUT2D eigenvalue weighted by molar-refractivity contribution is 7.89. The number of hydrogen-bond acceptors (Lipinski definition) is 27. The Hall–Kier alpha value is -5.69. The summed E-state index contributed by atoms with van der Waals surface area (Å²) in [4.78, 5) is 124. The number of fused-ring (bicyclic) bond motifs is 15. The van der Waals surface area contributed by atoms with Crippen LogP contribution in [0.4, 0.5) is 0 Å². The van der Waals surface area contributed by atoms with Crippen molar-refractivity contribution in [1.82, 2.24) is 52.6 Å². The molecule has 9 saturated carbocycles. The summed E-state index contributed by atoms with van der Waals surface area (Å²) in [6, 6.07) is -11.0. The fourth-order valence-electron chi connectivity index (χ4n) is 23.3. The van der Waals surface area contributed by atoms with Crippen LogP contribution in [0, 0.1) is 76.9 Å². The average molecular weight is 1840 g/mol. The quantitative estimate of drug-likeness (QED) is 0.0375. The van der Waals surface area contributed by atoms with Gasteiger partial charge in [-0.1, -0.05) is 52.9 Å². The number of carbonyl (C=O) groups is 8. The summed E-state index contributed by atoms with van der Waals surface area (Å²) in [5.41, 5.74) is 12.1. The lowest BCUT2D eigenvalue weighted by Gasteiger charge is -2.55. The van der Waals surface area contributed by atoms with E-state index in [-0.39, 0.29) is 155 Å². The fraction of sp³-hybridized carbons (Fsp3) is 0.839. The lowest BCUT2D eigenvalue weighted by atomic mass is 9.54. The molecule has 2 saturated heterocycles. The normalized spacial score (nSPS) is 41.1. The van der Waals surface area contributed by atoms with E-state index in [9.17, 15) is 64.0 Å². The number of likely N-dealkylation sites (N-methyl/N-ethyl adjacent to an activating group) is 1. The third-order valence-electron chi connectivity index (χ3n) is 29.9. The summed E-state index contributed by atoms with van der Waals surface area (Å²) in [5, 5.41) is 134. The molecule has 15 bridgehead atoms. The van der Waals surface area contributed by atoms with E-state index in [0.717, 1.165) is 64.2 Å². The monoisotopic (exact) mass is 1840 g/mol. The first kappa shape index (κ1) is 97.8. The lowest BCUT2D eigenvalue weighted by molar-refractivity contribution is -0.278. The van der Waals surface area contributed by atoms with Crippen molar-refractivity contribution in [1.29, 1.82) is 0 Å². The second-order valence-electron chi connectivity index (χ2n) is 39.1. The average Bonchev–Trinajstić information content (AvgIpc) is 0.755. The van der Waals surface area contributed by atoms with Gasteiger partial charge in [0.15, 0.2) is 17.8 Å². The molecule has 11 fully saturated rings. The maximum atomic E-state index is 16.7. The number of sulfonamides is 1. The molecule has 9 aliphatic carbocycles. The molecule has 39 heteroatoms. The molecule has 6 unspecified atom stereocenters. The van der Waals surface area contributed by atoms with Gasteiger partial charge >= 0.3 is 0 Å². The second-order valence-corrected chi connectivity index (χ2v) is 42.2. The van der Waals surface area contributed by atoms with Crippen LogP contribution in [0.5, 0.6) is 17.2 Å². The summed E-state index contributed by atoms with van der Waals surface area (Å²) >= 11 is 15.1. The Bertz CT molecular complexity index is 4020. The summed E-state index contributed by atoms with van der Waals surface area (Å²) < 4.78 is 63.1. The Morgan fingerprint density at radius 3 is 1.88 bits per heavy atom. The van der Waals surface area contributed by atoms with Gasteiger partial charge in [0, 0.05) is 56.6 Å². The molecule has 32 atom stereocenters. The summed E-state index contributed by atoms with van der Waals surface area (Å²) in [7, 11) is -2.14. The van der Waals surface area contributed by atoms with E-state index in [1.165, 1.54) is 19.2 Å². The minimum atomic E-state index is -3.68. The van der Waals surface area contributed by atoms with Gasteiger partial charge in [0.1, 0.15) is 66.8 Å². The molecule has 1 aromatic rings. The largest absolute Gasteiger partial charge is 0.485 e. The molecule has 0 spiro atoms. The van der Waals surface area contributed by atoms with Gasteiger partial charge in [0.05, 0.1) is 77.8 Å². The lowest BCUT2D eigenvalue weighted by Crippen LogP contribution is -2.68. The number of alkyl halides is 2. The maximum absolute atomic E-state index is 16.7. The van der Waals surface area contributed by atoms with Gasteiger partial charge in [0.25, 0.3) is 0 Å². The van der Waals surface area contributed by atoms with Crippen LogP contribution in [-0.4, -0.2) is 285 Å². The third kappa shape index (κ3) is 22.8. The summed E-state index contributed by atoms with van der Waals surface area (Å²) in [5.74, 6) is -16.8. The van der Waals surface area contributed by atoms with Crippen LogP contribution in [0.2, 0.25) is 0 Å². The molecule has 15 aliphatic rings. The number of ether oxygens (including phenoxy) is 5. The van der Waals surface area contributed by atoms with E-state index in [0.29, 0.717) is 18.3 Å². The first-order valence-electron chi connectivity index (χ1n) is 46.3. The number of aliphatic hydroxyl groups excluding tert-OH is 9.